The lowest BCUT2D eigenvalue weighted by Crippen LogP contribution is -2.41. The van der Waals surface area contributed by atoms with Gasteiger partial charge in [0.1, 0.15) is 12.6 Å². The Morgan fingerprint density at radius 1 is 1.17 bits per heavy atom. The number of nitrogens with one attached hydrogen (secondary N) is 1. The number of esters is 1. The highest BCUT2D eigenvalue weighted by Gasteiger charge is 2.45. The summed E-state index contributed by atoms with van der Waals surface area (Å²) in [6.07, 6.45) is -0.179. The molecule has 1 unspecified atom stereocenters. The first-order valence-electron chi connectivity index (χ1n) is 8.72. The SMILES string of the molecule is COC(=O)CN1C(=S)N(c2cccc(Cl)c2)C(=O)C1CC(=O)Nc1ccccc1. The maximum absolute atomic E-state index is 13.1. The smallest absolute Gasteiger partial charge is 0.325 e. The van der Waals surface area contributed by atoms with Crippen molar-refractivity contribution >= 4 is 58.1 Å². The van der Waals surface area contributed by atoms with Crippen molar-refractivity contribution in [2.24, 2.45) is 0 Å². The van der Waals surface area contributed by atoms with Crippen molar-refractivity contribution in [2.45, 2.75) is 12.5 Å². The zero-order valence-corrected chi connectivity index (χ0v) is 17.1. The van der Waals surface area contributed by atoms with E-state index in [-0.39, 0.29) is 24.0 Å². The van der Waals surface area contributed by atoms with Gasteiger partial charge in [-0.2, -0.15) is 0 Å². The normalized spacial score (nSPS) is 16.1. The molecule has 150 valence electrons. The number of amides is 2. The maximum atomic E-state index is 13.1. The molecule has 3 rings (SSSR count). The van der Waals surface area contributed by atoms with Crippen LogP contribution in [0.25, 0.3) is 0 Å². The van der Waals surface area contributed by atoms with Crippen LogP contribution in [0.1, 0.15) is 6.42 Å². The highest BCUT2D eigenvalue weighted by molar-refractivity contribution is 7.80. The predicted molar refractivity (Wildman–Crippen MR) is 114 cm³/mol. The van der Waals surface area contributed by atoms with E-state index in [4.69, 9.17) is 28.6 Å². The van der Waals surface area contributed by atoms with Crippen LogP contribution in [0.3, 0.4) is 0 Å². The van der Waals surface area contributed by atoms with Crippen LogP contribution in [-0.4, -0.2) is 47.5 Å². The van der Waals surface area contributed by atoms with Gasteiger partial charge in [-0.3, -0.25) is 19.3 Å². The molecular formula is C20H18ClN3O4S. The second kappa shape index (κ2) is 9.02. The number of halogens is 1. The molecule has 0 bridgehead atoms. The van der Waals surface area contributed by atoms with E-state index in [0.29, 0.717) is 16.4 Å². The molecule has 2 amide bonds. The zero-order valence-electron chi connectivity index (χ0n) is 15.5. The Balaban J connectivity index is 1.85. The fraction of sp³-hybridized carbons (Fsp3) is 0.200. The van der Waals surface area contributed by atoms with Crippen molar-refractivity contribution in [3.8, 4) is 0 Å². The van der Waals surface area contributed by atoms with Gasteiger partial charge >= 0.3 is 5.97 Å². The van der Waals surface area contributed by atoms with E-state index < -0.39 is 17.9 Å². The van der Waals surface area contributed by atoms with Crippen molar-refractivity contribution in [1.29, 1.82) is 0 Å². The van der Waals surface area contributed by atoms with Crippen LogP contribution in [-0.2, 0) is 19.1 Å². The molecular weight excluding hydrogens is 414 g/mol. The van der Waals surface area contributed by atoms with E-state index in [1.807, 2.05) is 6.07 Å². The van der Waals surface area contributed by atoms with Gasteiger partial charge in [0, 0.05) is 10.7 Å². The molecule has 1 aliphatic heterocycles. The van der Waals surface area contributed by atoms with Crippen molar-refractivity contribution in [3.05, 3.63) is 59.6 Å². The Morgan fingerprint density at radius 3 is 2.55 bits per heavy atom. The number of nitrogens with zero attached hydrogens (tertiary/aromatic N) is 2. The summed E-state index contributed by atoms with van der Waals surface area (Å²) in [6.45, 7) is -0.249. The number of carbonyl (C=O) groups excluding carboxylic acids is 3. The van der Waals surface area contributed by atoms with Crippen molar-refractivity contribution in [3.63, 3.8) is 0 Å². The number of rotatable bonds is 6. The monoisotopic (exact) mass is 431 g/mol. The van der Waals surface area contributed by atoms with Gasteiger partial charge in [-0.05, 0) is 42.5 Å². The zero-order chi connectivity index (χ0) is 21.0. The number of anilines is 2. The first kappa shape index (κ1) is 20.8. The highest BCUT2D eigenvalue weighted by Crippen LogP contribution is 2.29. The number of ether oxygens (including phenoxy) is 1. The summed E-state index contributed by atoms with van der Waals surface area (Å²) in [5.74, 6) is -1.36. The van der Waals surface area contributed by atoms with Crippen molar-refractivity contribution in [1.82, 2.24) is 4.90 Å². The second-order valence-corrected chi connectivity index (χ2v) is 7.08. The minimum absolute atomic E-state index is 0.111. The van der Waals surface area contributed by atoms with Gasteiger partial charge in [0.05, 0.1) is 19.2 Å². The molecule has 7 nitrogen and oxygen atoms in total. The van der Waals surface area contributed by atoms with Crippen LogP contribution in [0, 0.1) is 0 Å². The van der Waals surface area contributed by atoms with Crippen LogP contribution in [0.4, 0.5) is 11.4 Å². The largest absolute Gasteiger partial charge is 0.468 e. The van der Waals surface area contributed by atoms with E-state index in [9.17, 15) is 14.4 Å². The van der Waals surface area contributed by atoms with E-state index in [1.165, 1.54) is 16.9 Å². The molecule has 0 saturated carbocycles. The molecule has 2 aromatic carbocycles. The third kappa shape index (κ3) is 4.72. The topological polar surface area (TPSA) is 79.0 Å². The summed E-state index contributed by atoms with van der Waals surface area (Å²) in [4.78, 5) is 40.2. The van der Waals surface area contributed by atoms with Crippen LogP contribution < -0.4 is 10.2 Å². The van der Waals surface area contributed by atoms with Gasteiger partial charge in [0.15, 0.2) is 5.11 Å². The van der Waals surface area contributed by atoms with Gasteiger partial charge in [0.25, 0.3) is 5.91 Å². The third-order valence-electron chi connectivity index (χ3n) is 4.35. The van der Waals surface area contributed by atoms with E-state index in [0.717, 1.165) is 0 Å². The standard InChI is InChI=1S/C20H18ClN3O4S/c1-28-18(26)12-23-16(11-17(25)22-14-7-3-2-4-8-14)19(27)24(20(23)29)15-9-5-6-13(21)10-15/h2-10,16H,11-12H2,1H3,(H,22,25). The molecule has 1 heterocycles. The third-order valence-corrected chi connectivity index (χ3v) is 5.00. The Bertz CT molecular complexity index is 954. The predicted octanol–water partition coefficient (Wildman–Crippen LogP) is 2.84. The van der Waals surface area contributed by atoms with Crippen molar-refractivity contribution < 1.29 is 19.1 Å². The molecule has 1 fully saturated rings. The highest BCUT2D eigenvalue weighted by atomic mass is 35.5. The Hall–Kier alpha value is -2.97. The fourth-order valence-corrected chi connectivity index (χ4v) is 3.55. The molecule has 1 saturated heterocycles. The minimum atomic E-state index is -0.940. The van der Waals surface area contributed by atoms with E-state index in [1.54, 1.807) is 48.5 Å². The second-order valence-electron chi connectivity index (χ2n) is 6.27. The molecule has 2 aromatic rings. The molecule has 0 aliphatic carbocycles. The lowest BCUT2D eigenvalue weighted by atomic mass is 10.1. The van der Waals surface area contributed by atoms with Gasteiger partial charge in [-0.1, -0.05) is 35.9 Å². The Labute approximate surface area is 178 Å². The molecule has 0 spiro atoms. The number of hydrogen-bond acceptors (Lipinski definition) is 5. The molecule has 1 atom stereocenters. The van der Waals surface area contributed by atoms with E-state index in [2.05, 4.69) is 5.32 Å². The number of methoxy groups -OCH3 is 1. The molecule has 0 radical (unpaired) electrons. The summed E-state index contributed by atoms with van der Waals surface area (Å²) in [7, 11) is 1.25. The minimum Gasteiger partial charge on any atom is -0.468 e. The van der Waals surface area contributed by atoms with Gasteiger partial charge < -0.3 is 15.0 Å². The average molecular weight is 432 g/mol. The van der Waals surface area contributed by atoms with Crippen LogP contribution >= 0.6 is 23.8 Å². The van der Waals surface area contributed by atoms with Crippen LogP contribution in [0.15, 0.2) is 54.6 Å². The van der Waals surface area contributed by atoms with E-state index >= 15 is 0 Å². The van der Waals surface area contributed by atoms with Gasteiger partial charge in [0.2, 0.25) is 5.91 Å². The summed E-state index contributed by atoms with van der Waals surface area (Å²) < 4.78 is 4.71. The average Bonchev–Trinajstić information content (AvgIpc) is 2.92. The lowest BCUT2D eigenvalue weighted by Gasteiger charge is -2.22. The van der Waals surface area contributed by atoms with Gasteiger partial charge in [-0.15, -0.1) is 0 Å². The first-order chi connectivity index (χ1) is 13.9. The number of carbonyl (C=O) groups is 3. The number of para-hydroxylation sites is 1. The molecule has 1 aliphatic rings. The number of benzene rings is 2. The molecule has 9 heteroatoms. The molecule has 29 heavy (non-hydrogen) atoms. The van der Waals surface area contributed by atoms with Crippen LogP contribution in [0.2, 0.25) is 5.02 Å². The van der Waals surface area contributed by atoms with Crippen molar-refractivity contribution in [2.75, 3.05) is 23.9 Å². The number of thiocarbonyl (C=S) groups is 1. The maximum Gasteiger partial charge on any atom is 0.325 e. The summed E-state index contributed by atoms with van der Waals surface area (Å²) in [5.41, 5.74) is 1.07. The first-order valence-corrected chi connectivity index (χ1v) is 9.51. The Morgan fingerprint density at radius 2 is 1.90 bits per heavy atom. The molecule has 1 N–H and O–H groups in total. The summed E-state index contributed by atoms with van der Waals surface area (Å²) >= 11 is 11.5. The summed E-state index contributed by atoms with van der Waals surface area (Å²) in [5, 5.41) is 3.28. The number of hydrogen-bond donors (Lipinski definition) is 1. The van der Waals surface area contributed by atoms with Crippen LogP contribution in [0.5, 0.6) is 0 Å². The lowest BCUT2D eigenvalue weighted by molar-refractivity contribution is -0.141. The summed E-state index contributed by atoms with van der Waals surface area (Å²) in [6, 6.07) is 14.6. The Kier molecular flexibility index (Phi) is 6.46. The quantitative estimate of drug-likeness (QED) is 0.559. The molecule has 0 aromatic heterocycles. The van der Waals surface area contributed by atoms with Gasteiger partial charge in [-0.25, -0.2) is 0 Å². The fourth-order valence-electron chi connectivity index (χ4n) is 2.98.